The lowest BCUT2D eigenvalue weighted by molar-refractivity contribution is -0.155. The number of benzene rings is 1. The van der Waals surface area contributed by atoms with Gasteiger partial charge in [0.2, 0.25) is 17.0 Å². The van der Waals surface area contributed by atoms with Crippen LogP contribution in [0.4, 0.5) is 4.39 Å². The molecule has 0 bridgehead atoms. The van der Waals surface area contributed by atoms with Crippen molar-refractivity contribution in [2.45, 2.75) is 65.8 Å². The predicted molar refractivity (Wildman–Crippen MR) is 155 cm³/mol. The molecule has 2 aromatic heterocycles. The Labute approximate surface area is 242 Å². The summed E-state index contributed by atoms with van der Waals surface area (Å²) >= 11 is -2.28. The fourth-order valence-corrected chi connectivity index (χ4v) is 5.24. The smallest absolute Gasteiger partial charge is 0.311 e. The van der Waals surface area contributed by atoms with Crippen LogP contribution in [0.2, 0.25) is 0 Å². The first kappa shape index (κ1) is 30.8. The van der Waals surface area contributed by atoms with Crippen LogP contribution in [0.3, 0.4) is 0 Å². The Morgan fingerprint density at radius 1 is 1.27 bits per heavy atom. The van der Waals surface area contributed by atoms with E-state index < -0.39 is 22.5 Å². The first-order valence-corrected chi connectivity index (χ1v) is 14.9. The molecular formula is C30H38FN3O6S. The number of nitrogens with one attached hydrogen (secondary N) is 1. The highest BCUT2D eigenvalue weighted by molar-refractivity contribution is 7.76. The molecule has 222 valence electrons. The number of amides is 1. The number of halogens is 1. The van der Waals surface area contributed by atoms with Crippen LogP contribution in [-0.4, -0.2) is 50.1 Å². The van der Waals surface area contributed by atoms with Crippen LogP contribution in [-0.2, 0) is 27.3 Å². The van der Waals surface area contributed by atoms with Crippen LogP contribution in [0.15, 0.2) is 34.7 Å². The highest BCUT2D eigenvalue weighted by atomic mass is 32.2. The van der Waals surface area contributed by atoms with E-state index in [9.17, 15) is 22.7 Å². The third-order valence-electron chi connectivity index (χ3n) is 7.23. The molecule has 0 radical (unpaired) electrons. The molecule has 1 saturated carbocycles. The van der Waals surface area contributed by atoms with E-state index in [1.165, 1.54) is 23.5 Å². The number of hydrogen-bond acceptors (Lipinski definition) is 6. The van der Waals surface area contributed by atoms with Gasteiger partial charge in [-0.2, -0.15) is 4.31 Å². The first-order chi connectivity index (χ1) is 19.4. The molecule has 9 nitrogen and oxygen atoms in total. The van der Waals surface area contributed by atoms with Crippen molar-refractivity contribution in [2.75, 3.05) is 20.2 Å². The summed E-state index contributed by atoms with van der Waals surface area (Å²) in [6, 6.07) is 7.56. The van der Waals surface area contributed by atoms with Gasteiger partial charge in [0.25, 0.3) is 5.91 Å². The second-order valence-corrected chi connectivity index (χ2v) is 12.6. The molecule has 11 heteroatoms. The first-order valence-electron chi connectivity index (χ1n) is 13.9. The van der Waals surface area contributed by atoms with Crippen LogP contribution in [0.25, 0.3) is 22.4 Å². The Morgan fingerprint density at radius 2 is 1.95 bits per heavy atom. The monoisotopic (exact) mass is 587 g/mol. The van der Waals surface area contributed by atoms with Gasteiger partial charge in [-0.3, -0.25) is 14.1 Å². The van der Waals surface area contributed by atoms with Crippen molar-refractivity contribution in [3.05, 3.63) is 53.0 Å². The van der Waals surface area contributed by atoms with E-state index in [1.54, 1.807) is 12.1 Å². The maximum Gasteiger partial charge on any atom is 0.311 e. The van der Waals surface area contributed by atoms with Crippen molar-refractivity contribution in [2.24, 2.45) is 11.3 Å². The number of fused-ring (bicyclic) bond motifs is 1. The lowest BCUT2D eigenvalue weighted by Crippen LogP contribution is -2.31. The zero-order chi connectivity index (χ0) is 29.9. The van der Waals surface area contributed by atoms with E-state index in [1.807, 2.05) is 33.8 Å². The third kappa shape index (κ3) is 7.38. The molecule has 3 aromatic rings. The number of nitrogens with zero attached hydrogens (tertiary/aromatic N) is 2. The van der Waals surface area contributed by atoms with Gasteiger partial charge in [-0.1, -0.05) is 13.8 Å². The van der Waals surface area contributed by atoms with Gasteiger partial charge in [-0.25, -0.2) is 13.6 Å². The highest BCUT2D eigenvalue weighted by Crippen LogP contribution is 2.44. The zero-order valence-electron chi connectivity index (χ0n) is 24.2. The van der Waals surface area contributed by atoms with Crippen LogP contribution in [0.1, 0.15) is 80.9 Å². The summed E-state index contributed by atoms with van der Waals surface area (Å²) in [6.07, 6.45) is 2.88. The molecule has 1 amide bonds. The summed E-state index contributed by atoms with van der Waals surface area (Å²) in [4.78, 5) is 30.2. The van der Waals surface area contributed by atoms with Gasteiger partial charge in [0.15, 0.2) is 0 Å². The maximum absolute atomic E-state index is 13.6. The molecule has 0 saturated heterocycles. The molecule has 1 atom stereocenters. The summed E-state index contributed by atoms with van der Waals surface area (Å²) in [6.45, 7) is 8.28. The molecule has 2 N–H and O–H groups in total. The number of carbonyl (C=O) groups is 2. The summed E-state index contributed by atoms with van der Waals surface area (Å²) < 4.78 is 48.9. The standard InChI is InChI=1S/C30H38FN3O6S/c1-18(2)17-39-29(36)30(3,4)13-6-14-34(41(37)38)16-24-22(19-7-8-19)15-23-25(27(35)32-5)26(40-28(23)33-24)20-9-11-21(31)12-10-20/h9-12,15,18-19H,6-8,13-14,16-17H2,1-5H3,(H,32,35)(H,37,38). The number of pyridine rings is 1. The molecule has 41 heavy (non-hydrogen) atoms. The normalized spacial score (nSPS) is 14.6. The molecule has 1 aliphatic rings. The zero-order valence-corrected chi connectivity index (χ0v) is 25.0. The van der Waals surface area contributed by atoms with E-state index in [4.69, 9.17) is 14.1 Å². The largest absolute Gasteiger partial charge is 0.465 e. The van der Waals surface area contributed by atoms with Crippen molar-refractivity contribution in [1.29, 1.82) is 0 Å². The van der Waals surface area contributed by atoms with Crippen LogP contribution >= 0.6 is 0 Å². The van der Waals surface area contributed by atoms with Gasteiger partial charge in [-0.05, 0) is 87.3 Å². The second-order valence-electron chi connectivity index (χ2n) is 11.6. The Balaban J connectivity index is 1.61. The summed E-state index contributed by atoms with van der Waals surface area (Å²) in [5, 5.41) is 3.18. The Morgan fingerprint density at radius 3 is 2.54 bits per heavy atom. The van der Waals surface area contributed by atoms with Crippen molar-refractivity contribution >= 4 is 34.2 Å². The SMILES string of the molecule is CNC(=O)c1c(-c2ccc(F)cc2)oc2nc(CN(CCCC(C)(C)C(=O)OCC(C)C)S(=O)O)c(C3CC3)cc12. The quantitative estimate of drug-likeness (QED) is 0.191. The molecule has 0 spiro atoms. The van der Waals surface area contributed by atoms with Crippen molar-refractivity contribution in [3.63, 3.8) is 0 Å². The van der Waals surface area contributed by atoms with Gasteiger partial charge >= 0.3 is 5.97 Å². The highest BCUT2D eigenvalue weighted by Gasteiger charge is 2.33. The molecule has 2 heterocycles. The van der Waals surface area contributed by atoms with E-state index in [2.05, 4.69) is 5.32 Å². The minimum atomic E-state index is -2.28. The second kappa shape index (κ2) is 12.8. The van der Waals surface area contributed by atoms with E-state index in [-0.39, 0.29) is 48.3 Å². The number of aromatic nitrogens is 1. The fraction of sp³-hybridized carbons (Fsp3) is 0.500. The van der Waals surface area contributed by atoms with Crippen molar-refractivity contribution < 1.29 is 31.9 Å². The molecule has 4 rings (SSSR count). The Bertz CT molecular complexity index is 1430. The van der Waals surface area contributed by atoms with Gasteiger partial charge in [0.05, 0.1) is 35.2 Å². The Kier molecular flexibility index (Phi) is 9.61. The minimum absolute atomic E-state index is 0.0883. The third-order valence-corrected chi connectivity index (χ3v) is 7.98. The summed E-state index contributed by atoms with van der Waals surface area (Å²) in [5.74, 6) is -0.302. The van der Waals surface area contributed by atoms with Gasteiger partial charge in [0.1, 0.15) is 11.6 Å². The number of esters is 1. The molecule has 1 unspecified atom stereocenters. The average molecular weight is 588 g/mol. The predicted octanol–water partition coefficient (Wildman–Crippen LogP) is 5.82. The van der Waals surface area contributed by atoms with Crippen LogP contribution in [0, 0.1) is 17.2 Å². The molecular weight excluding hydrogens is 549 g/mol. The molecule has 1 fully saturated rings. The van der Waals surface area contributed by atoms with Crippen LogP contribution in [0.5, 0.6) is 0 Å². The molecule has 1 aromatic carbocycles. The van der Waals surface area contributed by atoms with Crippen molar-refractivity contribution in [3.8, 4) is 11.3 Å². The maximum atomic E-state index is 13.6. The minimum Gasteiger partial charge on any atom is -0.465 e. The number of ether oxygens (including phenoxy) is 1. The van der Waals surface area contributed by atoms with E-state index in [0.717, 1.165) is 18.4 Å². The lowest BCUT2D eigenvalue weighted by atomic mass is 9.88. The topological polar surface area (TPSA) is 122 Å². The average Bonchev–Trinajstić information content (AvgIpc) is 3.70. The number of hydrogen-bond donors (Lipinski definition) is 2. The van der Waals surface area contributed by atoms with Crippen LogP contribution < -0.4 is 5.32 Å². The lowest BCUT2D eigenvalue weighted by Gasteiger charge is -2.25. The van der Waals surface area contributed by atoms with Gasteiger partial charge in [-0.15, -0.1) is 0 Å². The number of carbonyl (C=O) groups excluding carboxylic acids is 2. The number of furan rings is 1. The van der Waals surface area contributed by atoms with Gasteiger partial charge < -0.3 is 14.5 Å². The Hall–Kier alpha value is -3.15. The van der Waals surface area contributed by atoms with E-state index >= 15 is 0 Å². The summed E-state index contributed by atoms with van der Waals surface area (Å²) in [5.41, 5.74) is 1.84. The molecule has 0 aliphatic heterocycles. The molecule has 1 aliphatic carbocycles. The van der Waals surface area contributed by atoms with E-state index in [0.29, 0.717) is 41.7 Å². The van der Waals surface area contributed by atoms with Crippen molar-refractivity contribution in [1.82, 2.24) is 14.6 Å². The van der Waals surface area contributed by atoms with Gasteiger partial charge in [0, 0.05) is 19.2 Å². The summed E-state index contributed by atoms with van der Waals surface area (Å²) in [7, 11) is 1.53. The number of rotatable bonds is 13. The fourth-order valence-electron chi connectivity index (χ4n) is 4.72.